The topological polar surface area (TPSA) is 89.5 Å². The van der Waals surface area contributed by atoms with E-state index in [0.717, 1.165) is 5.56 Å². The smallest absolute Gasteiger partial charge is 0.242 e. The number of amides is 2. The third-order valence-electron chi connectivity index (χ3n) is 5.90. The molecule has 0 aliphatic carbocycles. The fourth-order valence-electron chi connectivity index (χ4n) is 3.95. The number of carbonyl (C=O) groups is 2. The van der Waals surface area contributed by atoms with Crippen molar-refractivity contribution in [2.24, 2.45) is 4.99 Å². The highest BCUT2D eigenvalue weighted by Crippen LogP contribution is 2.33. The number of para-hydroxylation sites is 2. The SMILES string of the molecule is COc1ccccc1NC(=O)C[C@H]1SC(=Nc2ccc(F)cc2)N(CCc2ccc(OC)c(OC)c2)C1=O. The van der Waals surface area contributed by atoms with E-state index < -0.39 is 5.25 Å². The molecule has 0 aromatic heterocycles. The van der Waals surface area contributed by atoms with E-state index in [2.05, 4.69) is 10.3 Å². The van der Waals surface area contributed by atoms with Crippen LogP contribution in [-0.4, -0.2) is 55.0 Å². The molecule has 4 rings (SSSR count). The van der Waals surface area contributed by atoms with E-state index in [1.54, 1.807) is 55.5 Å². The van der Waals surface area contributed by atoms with E-state index in [-0.39, 0.29) is 24.1 Å². The van der Waals surface area contributed by atoms with Crippen LogP contribution < -0.4 is 19.5 Å². The summed E-state index contributed by atoms with van der Waals surface area (Å²) in [6.45, 7) is 0.339. The van der Waals surface area contributed by atoms with Crippen LogP contribution in [-0.2, 0) is 16.0 Å². The number of hydrogen-bond donors (Lipinski definition) is 1. The zero-order chi connectivity index (χ0) is 27.1. The van der Waals surface area contributed by atoms with Gasteiger partial charge in [0.2, 0.25) is 11.8 Å². The summed E-state index contributed by atoms with van der Waals surface area (Å²) in [5, 5.41) is 2.62. The number of aliphatic imine (C=N–C) groups is 1. The van der Waals surface area contributed by atoms with Crippen LogP contribution in [0.2, 0.25) is 0 Å². The Balaban J connectivity index is 1.52. The Bertz CT molecular complexity index is 1330. The highest BCUT2D eigenvalue weighted by Gasteiger charge is 2.39. The van der Waals surface area contributed by atoms with Crippen LogP contribution in [0.25, 0.3) is 0 Å². The van der Waals surface area contributed by atoms with Gasteiger partial charge in [-0.05, 0) is 60.5 Å². The number of anilines is 1. The van der Waals surface area contributed by atoms with Crippen LogP contribution in [0.5, 0.6) is 17.2 Å². The summed E-state index contributed by atoms with van der Waals surface area (Å²) in [6, 6.07) is 18.4. The van der Waals surface area contributed by atoms with Gasteiger partial charge in [-0.1, -0.05) is 30.0 Å². The summed E-state index contributed by atoms with van der Waals surface area (Å²) in [5.74, 6) is 0.832. The van der Waals surface area contributed by atoms with E-state index >= 15 is 0 Å². The van der Waals surface area contributed by atoms with Gasteiger partial charge in [-0.25, -0.2) is 9.38 Å². The predicted octanol–water partition coefficient (Wildman–Crippen LogP) is 5.05. The molecule has 198 valence electrons. The average Bonchev–Trinajstić information content (AvgIpc) is 3.21. The molecule has 1 N–H and O–H groups in total. The number of nitrogens with one attached hydrogen (secondary N) is 1. The Kier molecular flexibility index (Phi) is 8.85. The van der Waals surface area contributed by atoms with E-state index in [9.17, 15) is 14.0 Å². The van der Waals surface area contributed by atoms with Crippen molar-refractivity contribution < 1.29 is 28.2 Å². The van der Waals surface area contributed by atoms with Crippen LogP contribution in [0.1, 0.15) is 12.0 Å². The molecule has 1 aliphatic heterocycles. The summed E-state index contributed by atoms with van der Waals surface area (Å²) in [4.78, 5) is 32.4. The van der Waals surface area contributed by atoms with Gasteiger partial charge in [-0.3, -0.25) is 14.5 Å². The first-order valence-corrected chi connectivity index (χ1v) is 12.8. The maximum atomic E-state index is 13.4. The Hall–Kier alpha value is -4.05. The largest absolute Gasteiger partial charge is 0.495 e. The molecular weight excluding hydrogens is 509 g/mol. The minimum Gasteiger partial charge on any atom is -0.495 e. The zero-order valence-corrected chi connectivity index (χ0v) is 22.1. The Morgan fingerprint density at radius 2 is 1.68 bits per heavy atom. The summed E-state index contributed by atoms with van der Waals surface area (Å²) in [7, 11) is 4.66. The molecule has 0 saturated carbocycles. The number of ether oxygens (including phenoxy) is 3. The molecule has 1 fully saturated rings. The number of carbonyl (C=O) groups excluding carboxylic acids is 2. The summed E-state index contributed by atoms with van der Waals surface area (Å²) in [5.41, 5.74) is 1.98. The molecule has 1 saturated heterocycles. The standard InChI is InChI=1S/C28H28FN3O5S/c1-35-22-7-5-4-6-21(22)31-26(33)17-25-27(34)32(28(38-25)30-20-11-9-19(29)10-12-20)15-14-18-8-13-23(36-2)24(16-18)37-3/h4-13,16,25H,14-15,17H2,1-3H3,(H,31,33)/t25-/m1/s1. The van der Waals surface area contributed by atoms with Crippen LogP contribution in [0.15, 0.2) is 71.7 Å². The van der Waals surface area contributed by atoms with Gasteiger partial charge >= 0.3 is 0 Å². The van der Waals surface area contributed by atoms with E-state index in [1.165, 1.54) is 31.0 Å². The van der Waals surface area contributed by atoms with Crippen LogP contribution in [0, 0.1) is 5.82 Å². The molecule has 2 amide bonds. The molecule has 3 aromatic carbocycles. The number of methoxy groups -OCH3 is 3. The van der Waals surface area contributed by atoms with E-state index in [4.69, 9.17) is 14.2 Å². The number of thioether (sulfide) groups is 1. The maximum absolute atomic E-state index is 13.4. The number of amidine groups is 1. The fourth-order valence-corrected chi connectivity index (χ4v) is 5.14. The van der Waals surface area contributed by atoms with Gasteiger partial charge in [0.15, 0.2) is 16.7 Å². The molecule has 10 heteroatoms. The summed E-state index contributed by atoms with van der Waals surface area (Å²) >= 11 is 1.22. The number of nitrogens with zero attached hydrogens (tertiary/aromatic N) is 2. The lowest BCUT2D eigenvalue weighted by molar-refractivity contribution is -0.128. The van der Waals surface area contributed by atoms with Crippen molar-refractivity contribution in [3.63, 3.8) is 0 Å². The molecule has 0 radical (unpaired) electrons. The van der Waals surface area contributed by atoms with Crippen molar-refractivity contribution in [3.8, 4) is 17.2 Å². The summed E-state index contributed by atoms with van der Waals surface area (Å²) in [6.07, 6.45) is 0.478. The summed E-state index contributed by atoms with van der Waals surface area (Å²) < 4.78 is 29.4. The van der Waals surface area contributed by atoms with Gasteiger partial charge in [0, 0.05) is 13.0 Å². The average molecular weight is 538 g/mol. The second kappa shape index (κ2) is 12.5. The first-order chi connectivity index (χ1) is 18.4. The second-order valence-electron chi connectivity index (χ2n) is 8.36. The van der Waals surface area contributed by atoms with Gasteiger partial charge in [-0.2, -0.15) is 0 Å². The Morgan fingerprint density at radius 1 is 0.974 bits per heavy atom. The lowest BCUT2D eigenvalue weighted by Gasteiger charge is -2.17. The van der Waals surface area contributed by atoms with E-state index in [1.807, 2.05) is 18.2 Å². The van der Waals surface area contributed by atoms with Crippen LogP contribution >= 0.6 is 11.8 Å². The van der Waals surface area contributed by atoms with Crippen molar-refractivity contribution in [2.45, 2.75) is 18.1 Å². The van der Waals surface area contributed by atoms with Gasteiger partial charge in [-0.15, -0.1) is 0 Å². The van der Waals surface area contributed by atoms with Crippen molar-refractivity contribution in [2.75, 3.05) is 33.2 Å². The number of hydrogen-bond acceptors (Lipinski definition) is 7. The van der Waals surface area contributed by atoms with Crippen molar-refractivity contribution >= 4 is 40.1 Å². The zero-order valence-electron chi connectivity index (χ0n) is 21.3. The predicted molar refractivity (Wildman–Crippen MR) is 146 cm³/mol. The van der Waals surface area contributed by atoms with Crippen molar-refractivity contribution in [3.05, 3.63) is 78.1 Å². The minimum absolute atomic E-state index is 0.0448. The highest BCUT2D eigenvalue weighted by atomic mass is 32.2. The second-order valence-corrected chi connectivity index (χ2v) is 9.53. The first kappa shape index (κ1) is 27.0. The lowest BCUT2D eigenvalue weighted by Crippen LogP contribution is -2.35. The molecule has 3 aromatic rings. The monoisotopic (exact) mass is 537 g/mol. The minimum atomic E-state index is -0.658. The molecule has 38 heavy (non-hydrogen) atoms. The first-order valence-electron chi connectivity index (χ1n) is 11.9. The van der Waals surface area contributed by atoms with Gasteiger partial charge in [0.05, 0.1) is 32.7 Å². The van der Waals surface area contributed by atoms with E-state index in [0.29, 0.717) is 46.8 Å². The quantitative estimate of drug-likeness (QED) is 0.389. The molecule has 1 atom stereocenters. The molecule has 0 bridgehead atoms. The van der Waals surface area contributed by atoms with Crippen molar-refractivity contribution in [1.29, 1.82) is 0 Å². The third-order valence-corrected chi connectivity index (χ3v) is 7.07. The molecule has 0 unspecified atom stereocenters. The van der Waals surface area contributed by atoms with Gasteiger partial charge in [0.1, 0.15) is 16.8 Å². The van der Waals surface area contributed by atoms with Crippen molar-refractivity contribution in [1.82, 2.24) is 4.90 Å². The van der Waals surface area contributed by atoms with Gasteiger partial charge in [0.25, 0.3) is 0 Å². The molecule has 0 spiro atoms. The molecule has 1 heterocycles. The molecule has 1 aliphatic rings. The number of halogens is 1. The highest BCUT2D eigenvalue weighted by molar-refractivity contribution is 8.15. The van der Waals surface area contributed by atoms with Gasteiger partial charge < -0.3 is 19.5 Å². The molecular formula is C28H28FN3O5S. The number of rotatable bonds is 10. The normalized spacial score (nSPS) is 16.0. The fraction of sp³-hybridized carbons (Fsp3) is 0.250. The Labute approximate surface area is 224 Å². The van der Waals surface area contributed by atoms with Crippen LogP contribution in [0.4, 0.5) is 15.8 Å². The molecule has 8 nitrogen and oxygen atoms in total. The lowest BCUT2D eigenvalue weighted by atomic mass is 10.1. The maximum Gasteiger partial charge on any atom is 0.242 e. The Morgan fingerprint density at radius 3 is 2.39 bits per heavy atom. The number of benzene rings is 3. The van der Waals surface area contributed by atoms with Crippen LogP contribution in [0.3, 0.4) is 0 Å². The third kappa shape index (κ3) is 6.44.